The molecule has 0 aliphatic heterocycles. The molecule has 1 aromatic carbocycles. The summed E-state index contributed by atoms with van der Waals surface area (Å²) in [5.41, 5.74) is 6.82. The third-order valence-electron chi connectivity index (χ3n) is 3.56. The zero-order valence-corrected chi connectivity index (χ0v) is 10.9. The summed E-state index contributed by atoms with van der Waals surface area (Å²) in [7, 11) is 0. The Bertz CT molecular complexity index is 420. The molecule has 0 spiro atoms. The van der Waals surface area contributed by atoms with E-state index in [9.17, 15) is 4.39 Å². The molecular formula is C13H18ClFN2O. The van der Waals surface area contributed by atoms with Crippen LogP contribution in [0.3, 0.4) is 0 Å². The number of nitrogens with two attached hydrogens (primary N) is 1. The number of hydrogen-bond acceptors (Lipinski definition) is 3. The summed E-state index contributed by atoms with van der Waals surface area (Å²) < 4.78 is 13.2. The van der Waals surface area contributed by atoms with Gasteiger partial charge in [-0.25, -0.2) is 4.39 Å². The number of aliphatic hydroxyl groups is 1. The predicted molar refractivity (Wildman–Crippen MR) is 72.3 cm³/mol. The molecule has 0 heterocycles. The quantitative estimate of drug-likeness (QED) is 0.742. The molecular weight excluding hydrogens is 255 g/mol. The maximum Gasteiger partial charge on any atom is 0.143 e. The van der Waals surface area contributed by atoms with E-state index in [-0.39, 0.29) is 11.6 Å². The lowest BCUT2D eigenvalue weighted by Gasteiger charge is -2.29. The SMILES string of the molecule is Nc1cc(F)c(Cl)cc1NC1CCC(CO)CC1. The Hall–Kier alpha value is -1.00. The minimum absolute atomic E-state index is 0.0794. The highest BCUT2D eigenvalue weighted by Crippen LogP contribution is 2.30. The Kier molecular flexibility index (Phi) is 4.30. The molecule has 2 rings (SSSR count). The van der Waals surface area contributed by atoms with E-state index in [4.69, 9.17) is 22.4 Å². The molecule has 5 heteroatoms. The lowest BCUT2D eigenvalue weighted by Crippen LogP contribution is -2.27. The van der Waals surface area contributed by atoms with Gasteiger partial charge in [-0.2, -0.15) is 0 Å². The molecule has 0 unspecified atom stereocenters. The lowest BCUT2D eigenvalue weighted by atomic mass is 9.86. The molecule has 0 atom stereocenters. The van der Waals surface area contributed by atoms with Gasteiger partial charge in [-0.3, -0.25) is 0 Å². The summed E-state index contributed by atoms with van der Waals surface area (Å²) in [5, 5.41) is 12.5. The molecule has 0 aromatic heterocycles. The molecule has 4 N–H and O–H groups in total. The second-order valence-corrected chi connectivity index (χ2v) is 5.31. The highest BCUT2D eigenvalue weighted by molar-refractivity contribution is 6.31. The Labute approximate surface area is 111 Å². The maximum absolute atomic E-state index is 13.2. The van der Waals surface area contributed by atoms with Gasteiger partial charge in [-0.05, 0) is 37.7 Å². The largest absolute Gasteiger partial charge is 0.397 e. The zero-order valence-electron chi connectivity index (χ0n) is 10.1. The Morgan fingerprint density at radius 2 is 2.00 bits per heavy atom. The number of nitrogen functional groups attached to an aromatic ring is 1. The third-order valence-corrected chi connectivity index (χ3v) is 3.85. The monoisotopic (exact) mass is 272 g/mol. The van der Waals surface area contributed by atoms with Crippen molar-refractivity contribution in [2.45, 2.75) is 31.7 Å². The number of rotatable bonds is 3. The summed E-state index contributed by atoms with van der Waals surface area (Å²) >= 11 is 5.75. The van der Waals surface area contributed by atoms with Crippen molar-refractivity contribution in [3.05, 3.63) is 23.0 Å². The van der Waals surface area contributed by atoms with Crippen LogP contribution in [-0.2, 0) is 0 Å². The van der Waals surface area contributed by atoms with E-state index in [0.29, 0.717) is 23.3 Å². The van der Waals surface area contributed by atoms with Crippen molar-refractivity contribution in [3.63, 3.8) is 0 Å². The molecule has 3 nitrogen and oxygen atoms in total. The van der Waals surface area contributed by atoms with Crippen molar-refractivity contribution < 1.29 is 9.50 Å². The van der Waals surface area contributed by atoms with Gasteiger partial charge in [0.15, 0.2) is 0 Å². The first-order valence-electron chi connectivity index (χ1n) is 6.22. The number of nitrogens with one attached hydrogen (secondary N) is 1. The van der Waals surface area contributed by atoms with Gasteiger partial charge in [0.2, 0.25) is 0 Å². The van der Waals surface area contributed by atoms with Gasteiger partial charge in [-0.1, -0.05) is 11.6 Å². The van der Waals surface area contributed by atoms with Crippen molar-refractivity contribution in [1.82, 2.24) is 0 Å². The molecule has 1 fully saturated rings. The van der Waals surface area contributed by atoms with E-state index in [1.165, 1.54) is 12.1 Å². The highest BCUT2D eigenvalue weighted by atomic mass is 35.5. The lowest BCUT2D eigenvalue weighted by molar-refractivity contribution is 0.186. The molecule has 0 radical (unpaired) electrons. The van der Waals surface area contributed by atoms with E-state index in [1.807, 2.05) is 0 Å². The van der Waals surface area contributed by atoms with Crippen LogP contribution >= 0.6 is 11.6 Å². The van der Waals surface area contributed by atoms with E-state index in [2.05, 4.69) is 5.32 Å². The van der Waals surface area contributed by atoms with Crippen molar-refractivity contribution in [1.29, 1.82) is 0 Å². The van der Waals surface area contributed by atoms with Crippen LogP contribution in [0.4, 0.5) is 15.8 Å². The zero-order chi connectivity index (χ0) is 13.1. The smallest absolute Gasteiger partial charge is 0.143 e. The van der Waals surface area contributed by atoms with Gasteiger partial charge in [0.25, 0.3) is 0 Å². The molecule has 0 bridgehead atoms. The Morgan fingerprint density at radius 3 is 2.61 bits per heavy atom. The van der Waals surface area contributed by atoms with Crippen molar-refractivity contribution in [2.24, 2.45) is 5.92 Å². The minimum Gasteiger partial charge on any atom is -0.397 e. The summed E-state index contributed by atoms with van der Waals surface area (Å²) in [6.07, 6.45) is 3.98. The van der Waals surface area contributed by atoms with Gasteiger partial charge in [0, 0.05) is 18.7 Å². The summed E-state index contributed by atoms with van der Waals surface area (Å²) in [6, 6.07) is 3.09. The first-order chi connectivity index (χ1) is 8.60. The molecule has 1 aromatic rings. The fourth-order valence-electron chi connectivity index (χ4n) is 2.40. The van der Waals surface area contributed by atoms with Crippen LogP contribution in [0, 0.1) is 11.7 Å². The van der Waals surface area contributed by atoms with Crippen molar-refractivity contribution in [3.8, 4) is 0 Å². The van der Waals surface area contributed by atoms with E-state index >= 15 is 0 Å². The molecule has 100 valence electrons. The average molecular weight is 273 g/mol. The first kappa shape index (κ1) is 13.4. The number of aliphatic hydroxyl groups excluding tert-OH is 1. The second kappa shape index (κ2) is 5.76. The van der Waals surface area contributed by atoms with Gasteiger partial charge in [0.05, 0.1) is 16.4 Å². The summed E-state index contributed by atoms with van der Waals surface area (Å²) in [5.74, 6) is -0.0825. The topological polar surface area (TPSA) is 58.3 Å². The maximum atomic E-state index is 13.2. The first-order valence-corrected chi connectivity index (χ1v) is 6.60. The van der Waals surface area contributed by atoms with Gasteiger partial charge in [0.1, 0.15) is 5.82 Å². The van der Waals surface area contributed by atoms with Crippen LogP contribution in [0.1, 0.15) is 25.7 Å². The number of anilines is 2. The normalized spacial score (nSPS) is 23.9. The van der Waals surface area contributed by atoms with Crippen LogP contribution in [0.15, 0.2) is 12.1 Å². The van der Waals surface area contributed by atoms with Crippen molar-refractivity contribution in [2.75, 3.05) is 17.7 Å². The molecule has 18 heavy (non-hydrogen) atoms. The van der Waals surface area contributed by atoms with Crippen LogP contribution in [0.2, 0.25) is 5.02 Å². The number of halogens is 2. The number of benzene rings is 1. The fraction of sp³-hybridized carbons (Fsp3) is 0.538. The predicted octanol–water partition coefficient (Wildman–Crippen LogP) is 3.02. The average Bonchev–Trinajstić information content (AvgIpc) is 2.37. The molecule has 1 aliphatic rings. The Balaban J connectivity index is 2.00. The van der Waals surface area contributed by atoms with E-state index < -0.39 is 5.82 Å². The van der Waals surface area contributed by atoms with Crippen molar-refractivity contribution >= 4 is 23.0 Å². The van der Waals surface area contributed by atoms with Crippen LogP contribution in [-0.4, -0.2) is 17.8 Å². The molecule has 1 aliphatic carbocycles. The number of hydrogen-bond donors (Lipinski definition) is 3. The van der Waals surface area contributed by atoms with E-state index in [1.54, 1.807) is 0 Å². The second-order valence-electron chi connectivity index (χ2n) is 4.90. The van der Waals surface area contributed by atoms with Gasteiger partial charge < -0.3 is 16.2 Å². The molecule has 1 saturated carbocycles. The van der Waals surface area contributed by atoms with Gasteiger partial charge in [-0.15, -0.1) is 0 Å². The standard InChI is InChI=1S/C13H18ClFN2O/c14-10-5-13(12(16)6-11(10)15)17-9-3-1-8(7-18)2-4-9/h5-6,8-9,17-18H,1-4,7,16H2. The van der Waals surface area contributed by atoms with Crippen LogP contribution < -0.4 is 11.1 Å². The molecule has 0 saturated heterocycles. The van der Waals surface area contributed by atoms with Gasteiger partial charge >= 0.3 is 0 Å². The summed E-state index contributed by atoms with van der Waals surface area (Å²) in [6.45, 7) is 0.261. The highest BCUT2D eigenvalue weighted by Gasteiger charge is 2.21. The van der Waals surface area contributed by atoms with E-state index in [0.717, 1.165) is 25.7 Å². The fourth-order valence-corrected chi connectivity index (χ4v) is 2.56. The third kappa shape index (κ3) is 3.06. The minimum atomic E-state index is -0.497. The van der Waals surface area contributed by atoms with Crippen LogP contribution in [0.5, 0.6) is 0 Å². The van der Waals surface area contributed by atoms with Crippen LogP contribution in [0.25, 0.3) is 0 Å². The molecule has 0 amide bonds. The summed E-state index contributed by atoms with van der Waals surface area (Å²) in [4.78, 5) is 0. The Morgan fingerprint density at radius 1 is 1.33 bits per heavy atom.